The van der Waals surface area contributed by atoms with Crippen molar-refractivity contribution in [3.8, 4) is 5.75 Å². The molecule has 2 rings (SSSR count). The van der Waals surface area contributed by atoms with Gasteiger partial charge >= 0.3 is 11.9 Å². The van der Waals surface area contributed by atoms with E-state index < -0.39 is 6.29 Å². The predicted octanol–water partition coefficient (Wildman–Crippen LogP) is 4.78. The molecule has 1 unspecified atom stereocenters. The van der Waals surface area contributed by atoms with E-state index in [2.05, 4.69) is 0 Å². The number of benzene rings is 1. The molecule has 0 aromatic heterocycles. The van der Waals surface area contributed by atoms with Crippen molar-refractivity contribution in [3.63, 3.8) is 0 Å². The molecular formula is C23H36O6. The van der Waals surface area contributed by atoms with Gasteiger partial charge in [0.15, 0.2) is 6.29 Å². The Morgan fingerprint density at radius 3 is 1.59 bits per heavy atom. The summed E-state index contributed by atoms with van der Waals surface area (Å²) in [6.07, 6.45) is 10.4. The van der Waals surface area contributed by atoms with Crippen LogP contribution in [0.4, 0.5) is 0 Å². The minimum absolute atomic E-state index is 0.180. The molecule has 1 aromatic rings. The maximum Gasteiger partial charge on any atom is 0.305 e. The summed E-state index contributed by atoms with van der Waals surface area (Å²) in [7, 11) is 0. The standard InChI is InChI=1S/C15H26O4.C8H10O2/c16-14-10-8-6-4-2-1-3-5-7-9-11-15(17)19-13-12-18-14;1-7(9)10-8-5-3-2-4-6-8/h1-13H2;2-7,9H,1H3. The Bertz CT molecular complexity index is 518. The van der Waals surface area contributed by atoms with Crippen LogP contribution < -0.4 is 4.74 Å². The number of aliphatic hydroxyl groups is 1. The average molecular weight is 409 g/mol. The normalized spacial score (nSPS) is 18.8. The quantitative estimate of drug-likeness (QED) is 0.560. The summed E-state index contributed by atoms with van der Waals surface area (Å²) in [6.45, 7) is 1.95. The minimum Gasteiger partial charge on any atom is -0.465 e. The van der Waals surface area contributed by atoms with Gasteiger partial charge in [-0.15, -0.1) is 0 Å². The monoisotopic (exact) mass is 408 g/mol. The van der Waals surface area contributed by atoms with Crippen molar-refractivity contribution in [3.05, 3.63) is 30.3 Å². The molecule has 6 nitrogen and oxygen atoms in total. The highest BCUT2D eigenvalue weighted by atomic mass is 16.6. The second-order valence-electron chi connectivity index (χ2n) is 7.15. The van der Waals surface area contributed by atoms with Gasteiger partial charge < -0.3 is 19.3 Å². The highest BCUT2D eigenvalue weighted by molar-refractivity contribution is 5.70. The van der Waals surface area contributed by atoms with E-state index in [0.29, 0.717) is 18.6 Å². The molecule has 1 heterocycles. The number of carbonyl (C=O) groups is 2. The number of hydrogen-bond acceptors (Lipinski definition) is 6. The lowest BCUT2D eigenvalue weighted by molar-refractivity contribution is -0.152. The minimum atomic E-state index is -0.734. The summed E-state index contributed by atoms with van der Waals surface area (Å²) in [5, 5.41) is 8.78. The van der Waals surface area contributed by atoms with Gasteiger partial charge in [0, 0.05) is 12.8 Å². The highest BCUT2D eigenvalue weighted by Crippen LogP contribution is 2.12. The molecule has 0 bridgehead atoms. The molecule has 1 N–H and O–H groups in total. The topological polar surface area (TPSA) is 82.1 Å². The van der Waals surface area contributed by atoms with Crippen LogP contribution in [0.5, 0.6) is 5.75 Å². The van der Waals surface area contributed by atoms with Crippen LogP contribution in [0.3, 0.4) is 0 Å². The van der Waals surface area contributed by atoms with Crippen molar-refractivity contribution >= 4 is 11.9 Å². The predicted molar refractivity (Wildman–Crippen MR) is 111 cm³/mol. The van der Waals surface area contributed by atoms with E-state index >= 15 is 0 Å². The molecule has 1 fully saturated rings. The number of carbonyl (C=O) groups excluding carboxylic acids is 2. The summed E-state index contributed by atoms with van der Waals surface area (Å²) in [5.41, 5.74) is 0. The largest absolute Gasteiger partial charge is 0.465 e. The van der Waals surface area contributed by atoms with Gasteiger partial charge in [0.2, 0.25) is 0 Å². The maximum atomic E-state index is 11.3. The molecular weight excluding hydrogens is 372 g/mol. The summed E-state index contributed by atoms with van der Waals surface area (Å²) >= 11 is 0. The maximum absolute atomic E-state index is 11.3. The van der Waals surface area contributed by atoms with Crippen molar-refractivity contribution in [2.24, 2.45) is 0 Å². The zero-order valence-corrected chi connectivity index (χ0v) is 17.6. The first-order valence-corrected chi connectivity index (χ1v) is 10.8. The number of para-hydroxylation sites is 1. The van der Waals surface area contributed by atoms with Crippen LogP contribution in [0, 0.1) is 0 Å². The Morgan fingerprint density at radius 1 is 0.759 bits per heavy atom. The third kappa shape index (κ3) is 15.5. The fourth-order valence-corrected chi connectivity index (χ4v) is 2.93. The number of cyclic esters (lactones) is 2. The molecule has 1 aliphatic rings. The van der Waals surface area contributed by atoms with E-state index in [1.807, 2.05) is 18.2 Å². The van der Waals surface area contributed by atoms with Gasteiger partial charge in [-0.25, -0.2) is 0 Å². The van der Waals surface area contributed by atoms with Crippen molar-refractivity contribution in [1.29, 1.82) is 0 Å². The fraction of sp³-hybridized carbons (Fsp3) is 0.652. The smallest absolute Gasteiger partial charge is 0.305 e. The summed E-state index contributed by atoms with van der Waals surface area (Å²) < 4.78 is 15.0. The Balaban J connectivity index is 0.000000352. The van der Waals surface area contributed by atoms with Crippen LogP contribution >= 0.6 is 0 Å². The number of esters is 2. The number of aliphatic hydroxyl groups excluding tert-OH is 1. The number of rotatable bonds is 2. The number of hydrogen-bond donors (Lipinski definition) is 1. The Hall–Kier alpha value is -2.08. The molecule has 0 aliphatic carbocycles. The average Bonchev–Trinajstić information content (AvgIpc) is 2.70. The van der Waals surface area contributed by atoms with Crippen molar-refractivity contribution in [2.75, 3.05) is 13.2 Å². The Morgan fingerprint density at radius 2 is 1.17 bits per heavy atom. The molecule has 1 atom stereocenters. The molecule has 1 aromatic carbocycles. The third-order valence-electron chi connectivity index (χ3n) is 4.42. The van der Waals surface area contributed by atoms with Gasteiger partial charge in [0.1, 0.15) is 19.0 Å². The van der Waals surface area contributed by atoms with E-state index in [9.17, 15) is 9.59 Å². The van der Waals surface area contributed by atoms with Crippen LogP contribution in [0.2, 0.25) is 0 Å². The van der Waals surface area contributed by atoms with Gasteiger partial charge in [0.25, 0.3) is 0 Å². The van der Waals surface area contributed by atoms with Gasteiger partial charge in [-0.2, -0.15) is 0 Å². The van der Waals surface area contributed by atoms with Crippen LogP contribution in [0.25, 0.3) is 0 Å². The first kappa shape index (κ1) is 25.0. The molecule has 0 saturated carbocycles. The van der Waals surface area contributed by atoms with Crippen molar-refractivity contribution < 1.29 is 28.9 Å². The van der Waals surface area contributed by atoms with E-state index in [-0.39, 0.29) is 25.2 Å². The molecule has 0 radical (unpaired) electrons. The lowest BCUT2D eigenvalue weighted by Gasteiger charge is -2.06. The number of ether oxygens (including phenoxy) is 3. The van der Waals surface area contributed by atoms with E-state index in [1.165, 1.54) is 32.1 Å². The van der Waals surface area contributed by atoms with Crippen LogP contribution in [0.15, 0.2) is 30.3 Å². The zero-order valence-electron chi connectivity index (χ0n) is 17.6. The SMILES string of the molecule is CC(O)Oc1ccccc1.O=C1CCCCCCCCCCCC(=O)OCCO1. The zero-order chi connectivity index (χ0) is 21.2. The first-order chi connectivity index (χ1) is 14.1. The summed E-state index contributed by atoms with van der Waals surface area (Å²) in [5.74, 6) is 0.332. The van der Waals surface area contributed by atoms with Gasteiger partial charge in [0.05, 0.1) is 0 Å². The first-order valence-electron chi connectivity index (χ1n) is 10.8. The summed E-state index contributed by atoms with van der Waals surface area (Å²) in [6, 6.07) is 9.21. The lowest BCUT2D eigenvalue weighted by atomic mass is 10.1. The lowest BCUT2D eigenvalue weighted by Crippen LogP contribution is -2.13. The van der Waals surface area contributed by atoms with Crippen molar-refractivity contribution in [2.45, 2.75) is 83.8 Å². The van der Waals surface area contributed by atoms with Crippen LogP contribution in [0.1, 0.15) is 77.6 Å². The fourth-order valence-electron chi connectivity index (χ4n) is 2.93. The van der Waals surface area contributed by atoms with Crippen LogP contribution in [-0.2, 0) is 19.1 Å². The Labute approximate surface area is 174 Å². The van der Waals surface area contributed by atoms with Gasteiger partial charge in [-0.3, -0.25) is 9.59 Å². The molecule has 0 spiro atoms. The molecule has 6 heteroatoms. The Kier molecular flexibility index (Phi) is 14.5. The molecule has 164 valence electrons. The third-order valence-corrected chi connectivity index (χ3v) is 4.42. The molecule has 29 heavy (non-hydrogen) atoms. The summed E-state index contributed by atoms with van der Waals surface area (Å²) in [4.78, 5) is 22.7. The van der Waals surface area contributed by atoms with Crippen LogP contribution in [-0.4, -0.2) is 36.5 Å². The molecule has 0 amide bonds. The van der Waals surface area contributed by atoms with E-state index in [4.69, 9.17) is 19.3 Å². The highest BCUT2D eigenvalue weighted by Gasteiger charge is 2.06. The second kappa shape index (κ2) is 16.8. The van der Waals surface area contributed by atoms with Crippen molar-refractivity contribution in [1.82, 2.24) is 0 Å². The second-order valence-corrected chi connectivity index (χ2v) is 7.15. The molecule has 1 aliphatic heterocycles. The van der Waals surface area contributed by atoms with E-state index in [0.717, 1.165) is 25.7 Å². The van der Waals surface area contributed by atoms with Gasteiger partial charge in [-0.05, 0) is 31.9 Å². The van der Waals surface area contributed by atoms with E-state index in [1.54, 1.807) is 19.1 Å². The molecule has 1 saturated heterocycles. The van der Waals surface area contributed by atoms with Gasteiger partial charge in [-0.1, -0.05) is 63.1 Å².